The van der Waals surface area contributed by atoms with Crippen LogP contribution in [0, 0.1) is 0 Å². The van der Waals surface area contributed by atoms with Crippen LogP contribution < -0.4 is 26.6 Å². The molecule has 1 fully saturated rings. The molecule has 3 aromatic carbocycles. The minimum absolute atomic E-state index is 0.0668. The van der Waals surface area contributed by atoms with Gasteiger partial charge in [0.15, 0.2) is 0 Å². The highest BCUT2D eigenvalue weighted by atomic mass is 16.4. The molecule has 11 N–H and O–H groups in total. The van der Waals surface area contributed by atoms with Crippen LogP contribution in [0.4, 0.5) is 4.79 Å². The summed E-state index contributed by atoms with van der Waals surface area (Å²) in [5.41, 5.74) is 1.61. The predicted octanol–water partition coefficient (Wildman–Crippen LogP) is -0.371. The number of rotatable bonds is 27. The van der Waals surface area contributed by atoms with Gasteiger partial charge >= 0.3 is 41.8 Å². The number of fused-ring (bicyclic) bond motifs is 1. The van der Waals surface area contributed by atoms with Crippen molar-refractivity contribution in [3.05, 3.63) is 83.4 Å². The Balaban J connectivity index is 1.35. The molecule has 4 rings (SSSR count). The van der Waals surface area contributed by atoms with E-state index < -0.39 is 84.6 Å². The highest BCUT2D eigenvalue weighted by molar-refractivity contribution is 5.98. The summed E-state index contributed by atoms with van der Waals surface area (Å²) in [6.45, 7) is 1.09. The maximum atomic E-state index is 13.7. The largest absolute Gasteiger partial charge is 0.481 e. The van der Waals surface area contributed by atoms with E-state index in [-0.39, 0.29) is 129 Å². The van der Waals surface area contributed by atoms with Crippen LogP contribution in [0.3, 0.4) is 0 Å². The Bertz CT molecular complexity index is 2410. The van der Waals surface area contributed by atoms with Gasteiger partial charge < -0.3 is 57.2 Å². The Labute approximate surface area is 425 Å². The summed E-state index contributed by atoms with van der Waals surface area (Å²) in [6.07, 6.45) is -0.488. The number of carbonyl (C=O) groups is 10. The van der Waals surface area contributed by atoms with Gasteiger partial charge in [-0.25, -0.2) is 14.4 Å². The zero-order chi connectivity index (χ0) is 54.2. The quantitative estimate of drug-likeness (QED) is 0.0434. The number of nitrogens with one attached hydrogen (secondary N) is 5. The number of carboxylic acids is 6. The molecule has 0 unspecified atom stereocenters. The van der Waals surface area contributed by atoms with Crippen LogP contribution in [0.1, 0.15) is 53.6 Å². The topological polar surface area (TPSA) is 365 Å². The van der Waals surface area contributed by atoms with E-state index in [2.05, 4.69) is 26.6 Å². The van der Waals surface area contributed by atoms with Crippen molar-refractivity contribution in [3.8, 4) is 0 Å². The van der Waals surface area contributed by atoms with Gasteiger partial charge in [-0.15, -0.1) is 0 Å². The van der Waals surface area contributed by atoms with Crippen LogP contribution in [-0.4, -0.2) is 213 Å². The van der Waals surface area contributed by atoms with E-state index in [1.807, 2.05) is 42.5 Å². The Kier molecular flexibility index (Phi) is 24.1. The fourth-order valence-electron chi connectivity index (χ4n) is 8.02. The van der Waals surface area contributed by atoms with E-state index in [1.54, 1.807) is 31.7 Å². The van der Waals surface area contributed by atoms with Crippen molar-refractivity contribution < 1.29 is 78.6 Å². The average Bonchev–Trinajstić information content (AvgIpc) is 3.34. The number of urea groups is 1. The minimum Gasteiger partial charge on any atom is -0.481 e. The molecule has 0 radical (unpaired) electrons. The first-order valence-corrected chi connectivity index (χ1v) is 24.0. The lowest BCUT2D eigenvalue weighted by atomic mass is 10.0. The molecule has 3 atom stereocenters. The Morgan fingerprint density at radius 2 is 0.973 bits per heavy atom. The fourth-order valence-corrected chi connectivity index (χ4v) is 8.02. The molecule has 0 aliphatic carbocycles. The van der Waals surface area contributed by atoms with Crippen molar-refractivity contribution in [2.45, 2.75) is 63.2 Å². The molecule has 0 saturated carbocycles. The maximum absolute atomic E-state index is 13.7. The van der Waals surface area contributed by atoms with Crippen molar-refractivity contribution in [1.29, 1.82) is 0 Å². The van der Waals surface area contributed by atoms with Crippen molar-refractivity contribution >= 4 is 70.3 Å². The van der Waals surface area contributed by atoms with Gasteiger partial charge in [-0.05, 0) is 59.7 Å². The molecule has 3 aromatic rings. The molecular formula is C49H65N9O16. The number of amides is 5. The van der Waals surface area contributed by atoms with E-state index in [1.165, 1.54) is 12.1 Å². The van der Waals surface area contributed by atoms with Crippen LogP contribution in [-0.2, 0) is 51.3 Å². The molecule has 1 aliphatic heterocycles. The van der Waals surface area contributed by atoms with Gasteiger partial charge in [-0.3, -0.25) is 53.2 Å². The molecule has 1 aliphatic rings. The number of unbranched alkanes of at least 4 members (excludes halogenated alkanes) is 1. The molecule has 74 heavy (non-hydrogen) atoms. The lowest BCUT2D eigenvalue weighted by molar-refractivity contribution is -0.141. The molecule has 402 valence electrons. The molecule has 25 heteroatoms. The molecule has 1 saturated heterocycles. The Hall–Kier alpha value is -7.74. The molecule has 0 spiro atoms. The Morgan fingerprint density at radius 3 is 1.47 bits per heavy atom. The second-order valence-corrected chi connectivity index (χ2v) is 17.8. The van der Waals surface area contributed by atoms with Gasteiger partial charge in [0.1, 0.15) is 18.1 Å². The lowest BCUT2D eigenvalue weighted by Crippen LogP contribution is -2.51. The summed E-state index contributed by atoms with van der Waals surface area (Å²) in [7, 11) is 0. The van der Waals surface area contributed by atoms with E-state index in [0.717, 1.165) is 16.3 Å². The molecule has 1 heterocycles. The number of aliphatic carboxylic acids is 6. The first kappa shape index (κ1) is 58.8. The standard InChI is InChI=1S/C49H65N9O16/c59-40(28-55-17-19-56(29-42(62)63)21-23-58(31-44(66)67)24-22-57(20-18-55)30-43(64)65)51-27-32-8-12-35(13-9-32)45(68)52-39(26-33-10-11-34-5-1-2-6-36(34)25-33)46(69)50-16-4-3-7-37(47(70)71)53-49(74)54-38(48(72)73)14-15-41(60)61/h1-2,5-6,8-13,25,37-39H,3-4,7,14-24,26-31H2,(H,50,69)(H,51,59)(H,52,68)(H,60,61)(H,62,63)(H,64,65)(H,66,67)(H,70,71)(H,72,73)(H2,53,54,74)/t37-,38-,39-/m0/s1. The van der Waals surface area contributed by atoms with E-state index in [9.17, 15) is 73.5 Å². The smallest absolute Gasteiger partial charge is 0.326 e. The van der Waals surface area contributed by atoms with E-state index >= 15 is 0 Å². The fraction of sp³-hybridized carbons (Fsp3) is 0.469. The van der Waals surface area contributed by atoms with Crippen molar-refractivity contribution in [2.24, 2.45) is 0 Å². The predicted molar refractivity (Wildman–Crippen MR) is 264 cm³/mol. The van der Waals surface area contributed by atoms with E-state index in [0.29, 0.717) is 5.56 Å². The summed E-state index contributed by atoms with van der Waals surface area (Å²) in [5.74, 6) is -8.83. The van der Waals surface area contributed by atoms with Gasteiger partial charge in [0.25, 0.3) is 5.91 Å². The maximum Gasteiger partial charge on any atom is 0.326 e. The van der Waals surface area contributed by atoms with Crippen LogP contribution in [0.5, 0.6) is 0 Å². The summed E-state index contributed by atoms with van der Waals surface area (Å²) >= 11 is 0. The van der Waals surface area contributed by atoms with Crippen molar-refractivity contribution in [2.75, 3.05) is 85.1 Å². The van der Waals surface area contributed by atoms with Crippen molar-refractivity contribution in [1.82, 2.24) is 46.2 Å². The second kappa shape index (κ2) is 30.3. The van der Waals surface area contributed by atoms with Crippen LogP contribution in [0.25, 0.3) is 10.8 Å². The first-order valence-electron chi connectivity index (χ1n) is 24.0. The van der Waals surface area contributed by atoms with Crippen LogP contribution >= 0.6 is 0 Å². The second-order valence-electron chi connectivity index (χ2n) is 17.8. The molecule has 0 aromatic heterocycles. The third kappa shape index (κ3) is 21.9. The van der Waals surface area contributed by atoms with Gasteiger partial charge in [0, 0.05) is 83.9 Å². The number of carboxylic acid groups (broad SMARTS) is 6. The van der Waals surface area contributed by atoms with Crippen molar-refractivity contribution in [3.63, 3.8) is 0 Å². The van der Waals surface area contributed by atoms with Gasteiger partial charge in [-0.1, -0.05) is 54.6 Å². The third-order valence-electron chi connectivity index (χ3n) is 12.0. The number of nitrogens with zero attached hydrogens (tertiary/aromatic N) is 4. The zero-order valence-electron chi connectivity index (χ0n) is 40.8. The highest BCUT2D eigenvalue weighted by Crippen LogP contribution is 2.17. The number of benzene rings is 3. The normalized spacial score (nSPS) is 15.5. The lowest BCUT2D eigenvalue weighted by Gasteiger charge is -2.32. The highest BCUT2D eigenvalue weighted by Gasteiger charge is 2.27. The summed E-state index contributed by atoms with van der Waals surface area (Å²) in [4.78, 5) is 129. The summed E-state index contributed by atoms with van der Waals surface area (Å²) in [5, 5.41) is 70.9. The van der Waals surface area contributed by atoms with E-state index in [4.69, 9.17) is 5.11 Å². The Morgan fingerprint density at radius 1 is 0.486 bits per heavy atom. The van der Waals surface area contributed by atoms with Crippen LogP contribution in [0.15, 0.2) is 66.7 Å². The monoisotopic (exact) mass is 1040 g/mol. The first-order chi connectivity index (χ1) is 35.2. The average molecular weight is 1040 g/mol. The number of hydrogen-bond acceptors (Lipinski definition) is 14. The number of carbonyl (C=O) groups excluding carboxylic acids is 4. The number of hydrogen-bond donors (Lipinski definition) is 11. The minimum atomic E-state index is -1.56. The summed E-state index contributed by atoms with van der Waals surface area (Å²) < 4.78 is 0. The SMILES string of the molecule is O=C(O)CC[C@H](NC(=O)N[C@@H](CCCCNC(=O)[C@H](Cc1ccc2ccccc2c1)NC(=O)c1ccc(CNC(=O)CN2CCN(CC(=O)O)CCN(CC(=O)O)CCN(CC(=O)O)CC2)cc1)C(=O)O)C(=O)O. The van der Waals surface area contributed by atoms with Gasteiger partial charge in [-0.2, -0.15) is 0 Å². The molecule has 5 amide bonds. The van der Waals surface area contributed by atoms with Crippen LogP contribution in [0.2, 0.25) is 0 Å². The summed E-state index contributed by atoms with van der Waals surface area (Å²) in [6, 6.07) is 14.5. The molecular weight excluding hydrogens is 971 g/mol. The third-order valence-corrected chi connectivity index (χ3v) is 12.0. The molecule has 25 nitrogen and oxygen atoms in total. The van der Waals surface area contributed by atoms with Gasteiger partial charge in [0.05, 0.1) is 26.2 Å². The van der Waals surface area contributed by atoms with Gasteiger partial charge in [0.2, 0.25) is 11.8 Å². The molecule has 0 bridgehead atoms. The zero-order valence-corrected chi connectivity index (χ0v) is 40.8.